The van der Waals surface area contributed by atoms with Gasteiger partial charge in [-0.15, -0.1) is 0 Å². The fourth-order valence-corrected chi connectivity index (χ4v) is 6.77. The summed E-state index contributed by atoms with van der Waals surface area (Å²) in [6.45, 7) is 14.5. The zero-order valence-electron chi connectivity index (χ0n) is 22.8. The Morgan fingerprint density at radius 1 is 0.606 bits per heavy atom. The van der Waals surface area contributed by atoms with E-state index in [1.807, 2.05) is 0 Å². The molecule has 0 fully saturated rings. The molecular formula is C28H54O4Sn. The summed E-state index contributed by atoms with van der Waals surface area (Å²) in [6, 6.07) is 0. The molecule has 0 bridgehead atoms. The minimum absolute atomic E-state index is 0.0709. The van der Waals surface area contributed by atoms with E-state index in [1.54, 1.807) is 8.87 Å². The standard InChI is InChI=1S/C20H36O4.2C4H9.Sn/c1-3-5-7-9-11-13-17-23-19(21)15-16-20(22)24-18-14-12-10-8-6-4-2;2*1-4(2)3;/h15-16H,3-14,17-18H2,1-2H3;2*4H,1H2,2-3H3;/b16-15-;;;. The van der Waals surface area contributed by atoms with E-state index < -0.39 is 11.9 Å². The molecule has 0 N–H and O–H groups in total. The molecule has 0 amide bonds. The summed E-state index contributed by atoms with van der Waals surface area (Å²) in [4.78, 5) is 22.9. The molecule has 0 atom stereocenters. The van der Waals surface area contributed by atoms with Crippen LogP contribution in [0.4, 0.5) is 0 Å². The maximum atomic E-state index is 11.4. The molecule has 0 spiro atoms. The molecule has 4 nitrogen and oxygen atoms in total. The van der Waals surface area contributed by atoms with Gasteiger partial charge in [0.15, 0.2) is 0 Å². The van der Waals surface area contributed by atoms with E-state index in [4.69, 9.17) is 9.47 Å². The van der Waals surface area contributed by atoms with Crippen LogP contribution in [0.15, 0.2) is 12.2 Å². The van der Waals surface area contributed by atoms with Gasteiger partial charge in [-0.1, -0.05) is 78.1 Å². The van der Waals surface area contributed by atoms with E-state index >= 15 is 0 Å². The van der Waals surface area contributed by atoms with Crippen LogP contribution in [-0.4, -0.2) is 46.3 Å². The predicted molar refractivity (Wildman–Crippen MR) is 143 cm³/mol. The first-order valence-electron chi connectivity index (χ1n) is 13.6. The molecule has 2 radical (unpaired) electrons. The molecule has 0 aliphatic heterocycles. The molecule has 0 aromatic heterocycles. The van der Waals surface area contributed by atoms with Gasteiger partial charge in [0.05, 0.1) is 13.2 Å². The number of hydrogen-bond donors (Lipinski definition) is 0. The molecule has 0 heterocycles. The van der Waals surface area contributed by atoms with Crippen LogP contribution in [0, 0.1) is 11.8 Å². The molecule has 33 heavy (non-hydrogen) atoms. The number of carbonyl (C=O) groups excluding carboxylic acids is 2. The predicted octanol–water partition coefficient (Wildman–Crippen LogP) is 8.19. The third-order valence-corrected chi connectivity index (χ3v) is 11.3. The summed E-state index contributed by atoms with van der Waals surface area (Å²) in [7, 11) is 0. The molecule has 194 valence electrons. The van der Waals surface area contributed by atoms with Gasteiger partial charge in [0.2, 0.25) is 0 Å². The van der Waals surface area contributed by atoms with Crippen LogP contribution in [0.2, 0.25) is 8.87 Å². The molecule has 0 aliphatic rings. The number of hydrogen-bond acceptors (Lipinski definition) is 4. The Morgan fingerprint density at radius 3 is 1.27 bits per heavy atom. The van der Waals surface area contributed by atoms with Crippen LogP contribution in [0.5, 0.6) is 0 Å². The van der Waals surface area contributed by atoms with Crippen LogP contribution >= 0.6 is 0 Å². The number of esters is 2. The SMILES string of the molecule is CC(C)[CH2][Sn][CH2]C(C)C.CCCCCCCCOC(=O)/C=C\C(=O)OCCCCCCCC. The third-order valence-electron chi connectivity index (χ3n) is 4.95. The fraction of sp³-hybridized carbons (Fsp3) is 0.857. The first kappa shape index (κ1) is 34.6. The van der Waals surface area contributed by atoms with Crippen molar-refractivity contribution < 1.29 is 19.1 Å². The number of unbranched alkanes of at least 4 members (excludes halogenated alkanes) is 10. The van der Waals surface area contributed by atoms with Crippen molar-refractivity contribution in [3.8, 4) is 0 Å². The van der Waals surface area contributed by atoms with Gasteiger partial charge in [-0.3, -0.25) is 0 Å². The summed E-state index contributed by atoms with van der Waals surface area (Å²) in [5.41, 5.74) is 0. The fourth-order valence-electron chi connectivity index (χ4n) is 3.00. The van der Waals surface area contributed by atoms with Crippen molar-refractivity contribution in [2.45, 2.75) is 127 Å². The Labute approximate surface area is 216 Å². The van der Waals surface area contributed by atoms with Gasteiger partial charge in [-0.05, 0) is 12.8 Å². The first-order valence-corrected chi connectivity index (χ1v) is 17.6. The van der Waals surface area contributed by atoms with E-state index in [-0.39, 0.29) is 21.1 Å². The van der Waals surface area contributed by atoms with E-state index in [0.29, 0.717) is 13.2 Å². The Morgan fingerprint density at radius 2 is 0.939 bits per heavy atom. The van der Waals surface area contributed by atoms with Gasteiger partial charge in [0.25, 0.3) is 0 Å². The molecule has 0 saturated carbocycles. The maximum absolute atomic E-state index is 11.4. The maximum Gasteiger partial charge on any atom is 0.331 e. The van der Waals surface area contributed by atoms with Crippen LogP contribution in [0.3, 0.4) is 0 Å². The van der Waals surface area contributed by atoms with E-state index in [2.05, 4.69) is 41.5 Å². The topological polar surface area (TPSA) is 52.6 Å². The van der Waals surface area contributed by atoms with Crippen molar-refractivity contribution in [2.24, 2.45) is 11.8 Å². The van der Waals surface area contributed by atoms with Gasteiger partial charge >= 0.3 is 81.5 Å². The quantitative estimate of drug-likeness (QED) is 0.0638. The van der Waals surface area contributed by atoms with Crippen LogP contribution in [0.25, 0.3) is 0 Å². The molecule has 0 saturated heterocycles. The Kier molecular flexibility index (Phi) is 29.1. The van der Waals surface area contributed by atoms with Crippen LogP contribution in [-0.2, 0) is 19.1 Å². The Balaban J connectivity index is 0. The van der Waals surface area contributed by atoms with Crippen molar-refractivity contribution >= 4 is 33.1 Å². The molecule has 0 aromatic rings. The van der Waals surface area contributed by atoms with Crippen LogP contribution in [0.1, 0.15) is 119 Å². The second kappa shape index (κ2) is 27.7. The molecule has 0 aromatic carbocycles. The van der Waals surface area contributed by atoms with Crippen molar-refractivity contribution in [1.82, 2.24) is 0 Å². The molecule has 0 rings (SSSR count). The van der Waals surface area contributed by atoms with Gasteiger partial charge in [0, 0.05) is 12.2 Å². The average molecular weight is 573 g/mol. The minimum Gasteiger partial charge on any atom is -0.463 e. The Hall–Kier alpha value is -0.521. The summed E-state index contributed by atoms with van der Waals surface area (Å²) in [5, 5.41) is 0. The molecular weight excluding hydrogens is 519 g/mol. The molecule has 0 aliphatic carbocycles. The molecule has 5 heteroatoms. The Bertz CT molecular complexity index is 421. The zero-order chi connectivity index (χ0) is 25.2. The normalized spacial score (nSPS) is 11.0. The number of ether oxygens (including phenoxy) is 2. The van der Waals surface area contributed by atoms with Gasteiger partial charge in [-0.25, -0.2) is 9.59 Å². The summed E-state index contributed by atoms with van der Waals surface area (Å²) >= 11 is 0.0709. The van der Waals surface area contributed by atoms with Crippen molar-refractivity contribution in [2.75, 3.05) is 13.2 Å². The zero-order valence-corrected chi connectivity index (χ0v) is 25.6. The van der Waals surface area contributed by atoms with Gasteiger partial charge in [0.1, 0.15) is 0 Å². The summed E-state index contributed by atoms with van der Waals surface area (Å²) in [5.74, 6) is 0.992. The van der Waals surface area contributed by atoms with Gasteiger partial charge < -0.3 is 9.47 Å². The monoisotopic (exact) mass is 574 g/mol. The van der Waals surface area contributed by atoms with E-state index in [1.165, 1.54) is 51.4 Å². The largest absolute Gasteiger partial charge is 0.463 e. The smallest absolute Gasteiger partial charge is 0.331 e. The van der Waals surface area contributed by atoms with E-state index in [0.717, 1.165) is 49.7 Å². The summed E-state index contributed by atoms with van der Waals surface area (Å²) < 4.78 is 13.2. The third kappa shape index (κ3) is 33.7. The average Bonchev–Trinajstić information content (AvgIpc) is 2.76. The minimum atomic E-state index is -0.472. The van der Waals surface area contributed by atoms with Crippen molar-refractivity contribution in [1.29, 1.82) is 0 Å². The second-order valence-corrected chi connectivity index (χ2v) is 13.4. The second-order valence-electron chi connectivity index (χ2n) is 9.65. The van der Waals surface area contributed by atoms with E-state index in [9.17, 15) is 9.59 Å². The van der Waals surface area contributed by atoms with Crippen LogP contribution < -0.4 is 0 Å². The first-order chi connectivity index (χ1) is 15.8. The van der Waals surface area contributed by atoms with Crippen molar-refractivity contribution in [3.63, 3.8) is 0 Å². The number of carbonyl (C=O) groups is 2. The van der Waals surface area contributed by atoms with Crippen molar-refractivity contribution in [3.05, 3.63) is 12.2 Å². The number of rotatable bonds is 20. The summed E-state index contributed by atoms with van der Waals surface area (Å²) in [6.07, 6.45) is 16.1. The molecule has 0 unspecified atom stereocenters. The van der Waals surface area contributed by atoms with Gasteiger partial charge in [-0.2, -0.15) is 0 Å².